The van der Waals surface area contributed by atoms with Crippen molar-refractivity contribution in [3.05, 3.63) is 23.8 Å². The summed E-state index contributed by atoms with van der Waals surface area (Å²) in [5, 5.41) is 0. The van der Waals surface area contributed by atoms with E-state index in [1.807, 2.05) is 0 Å². The lowest BCUT2D eigenvalue weighted by molar-refractivity contribution is -0.114. The molecule has 0 aromatic rings. The molecule has 0 atom stereocenters. The summed E-state index contributed by atoms with van der Waals surface area (Å²) in [6.45, 7) is 3.44. The predicted molar refractivity (Wildman–Crippen MR) is 32.9 cm³/mol. The molecule has 0 amide bonds. The average Bonchev–Trinajstić information content (AvgIpc) is 2.15. The van der Waals surface area contributed by atoms with Crippen LogP contribution in [-0.2, 0) is 9.59 Å². The molecule has 2 heteroatoms. The van der Waals surface area contributed by atoms with Crippen molar-refractivity contribution in [1.82, 2.24) is 0 Å². The fraction of sp³-hybridized carbons (Fsp3) is 0.143. The lowest BCUT2D eigenvalue weighted by atomic mass is 10.1. The van der Waals surface area contributed by atoms with Gasteiger partial charge < -0.3 is 0 Å². The third-order valence-electron chi connectivity index (χ3n) is 1.32. The van der Waals surface area contributed by atoms with E-state index in [9.17, 15) is 9.59 Å². The molecule has 2 nitrogen and oxygen atoms in total. The molecule has 1 aliphatic carbocycles. The van der Waals surface area contributed by atoms with Crippen LogP contribution in [0.1, 0.15) is 6.42 Å². The number of aldehydes is 1. The van der Waals surface area contributed by atoms with Crippen LogP contribution in [0, 0.1) is 0 Å². The highest BCUT2D eigenvalue weighted by Crippen LogP contribution is 2.16. The Hall–Kier alpha value is -1.18. The summed E-state index contributed by atoms with van der Waals surface area (Å²) < 4.78 is 0. The Labute approximate surface area is 52.9 Å². The van der Waals surface area contributed by atoms with Crippen molar-refractivity contribution in [2.75, 3.05) is 0 Å². The van der Waals surface area contributed by atoms with E-state index < -0.39 is 0 Å². The number of rotatable bonds is 1. The zero-order valence-electron chi connectivity index (χ0n) is 4.89. The molecular formula is C7H6O2. The number of Topliss-reactive ketones (excluding diaryl/α,β-unsaturated/α-hetero) is 1. The van der Waals surface area contributed by atoms with E-state index in [4.69, 9.17) is 0 Å². The monoisotopic (exact) mass is 122 g/mol. The van der Waals surface area contributed by atoms with Crippen LogP contribution >= 0.6 is 0 Å². The third kappa shape index (κ3) is 0.830. The summed E-state index contributed by atoms with van der Waals surface area (Å²) in [5.41, 5.74) is 0.796. The predicted octanol–water partition coefficient (Wildman–Crippen LogP) is 0.641. The van der Waals surface area contributed by atoms with Crippen molar-refractivity contribution in [3.8, 4) is 0 Å². The lowest BCUT2D eigenvalue weighted by Gasteiger charge is -1.87. The molecule has 0 unspecified atom stereocenters. The van der Waals surface area contributed by atoms with Gasteiger partial charge in [-0.1, -0.05) is 12.7 Å². The van der Waals surface area contributed by atoms with Crippen molar-refractivity contribution in [2.24, 2.45) is 0 Å². The Morgan fingerprint density at radius 2 is 2.33 bits per heavy atom. The molecule has 0 bridgehead atoms. The number of allylic oxidation sites excluding steroid dienone is 3. The number of hydrogen-bond donors (Lipinski definition) is 0. The normalized spacial score (nSPS) is 18.0. The Balaban J connectivity index is 2.90. The van der Waals surface area contributed by atoms with Gasteiger partial charge in [-0.15, -0.1) is 0 Å². The first kappa shape index (κ1) is 5.95. The molecule has 0 fully saturated rings. The van der Waals surface area contributed by atoms with Crippen LogP contribution in [0.25, 0.3) is 0 Å². The Kier molecular flexibility index (Phi) is 1.30. The second-order valence-electron chi connectivity index (χ2n) is 1.88. The lowest BCUT2D eigenvalue weighted by Crippen LogP contribution is -1.93. The molecule has 46 valence electrons. The van der Waals surface area contributed by atoms with Gasteiger partial charge in [0.15, 0.2) is 5.78 Å². The smallest absolute Gasteiger partial charge is 0.166 e. The summed E-state index contributed by atoms with van der Waals surface area (Å²) in [5.74, 6) is -0.0444. The standard InChI is InChI=1S/C7H6O2/c1-5-6(4-8)2-3-7(5)9/h2,4H,1,3H2. The highest BCUT2D eigenvalue weighted by molar-refractivity contribution is 6.09. The maximum Gasteiger partial charge on any atom is 0.166 e. The molecule has 0 aromatic heterocycles. The van der Waals surface area contributed by atoms with Crippen LogP contribution < -0.4 is 0 Å². The maximum absolute atomic E-state index is 10.6. The van der Waals surface area contributed by atoms with E-state index in [2.05, 4.69) is 6.58 Å². The second-order valence-corrected chi connectivity index (χ2v) is 1.88. The molecule has 0 spiro atoms. The van der Waals surface area contributed by atoms with E-state index in [1.54, 1.807) is 6.08 Å². The zero-order valence-corrected chi connectivity index (χ0v) is 4.89. The van der Waals surface area contributed by atoms with Crippen molar-refractivity contribution in [1.29, 1.82) is 0 Å². The van der Waals surface area contributed by atoms with Gasteiger partial charge in [0.2, 0.25) is 0 Å². The fourth-order valence-corrected chi connectivity index (χ4v) is 0.729. The zero-order chi connectivity index (χ0) is 6.85. The highest BCUT2D eigenvalue weighted by Gasteiger charge is 2.16. The maximum atomic E-state index is 10.6. The van der Waals surface area contributed by atoms with Gasteiger partial charge in [-0.2, -0.15) is 0 Å². The van der Waals surface area contributed by atoms with E-state index in [-0.39, 0.29) is 5.78 Å². The first-order valence-electron chi connectivity index (χ1n) is 2.63. The van der Waals surface area contributed by atoms with Crippen molar-refractivity contribution < 1.29 is 9.59 Å². The van der Waals surface area contributed by atoms with Crippen molar-refractivity contribution in [3.63, 3.8) is 0 Å². The molecule has 0 radical (unpaired) electrons. The SMILES string of the molecule is C=C1C(=O)CC=C1C=O. The molecular weight excluding hydrogens is 116 g/mol. The van der Waals surface area contributed by atoms with Gasteiger partial charge in [0.25, 0.3) is 0 Å². The topological polar surface area (TPSA) is 34.1 Å². The number of hydrogen-bond acceptors (Lipinski definition) is 2. The van der Waals surface area contributed by atoms with Gasteiger partial charge in [-0.25, -0.2) is 0 Å². The molecule has 1 rings (SSSR count). The number of ketones is 1. The molecule has 0 saturated carbocycles. The summed E-state index contributed by atoms with van der Waals surface area (Å²) in [4.78, 5) is 20.7. The van der Waals surface area contributed by atoms with Crippen LogP contribution in [-0.4, -0.2) is 12.1 Å². The molecule has 0 saturated heterocycles. The molecule has 0 aliphatic heterocycles. The largest absolute Gasteiger partial charge is 0.298 e. The summed E-state index contributed by atoms with van der Waals surface area (Å²) >= 11 is 0. The van der Waals surface area contributed by atoms with Crippen LogP contribution in [0.5, 0.6) is 0 Å². The summed E-state index contributed by atoms with van der Waals surface area (Å²) in [6, 6.07) is 0. The van der Waals surface area contributed by atoms with E-state index in [0.717, 1.165) is 0 Å². The van der Waals surface area contributed by atoms with E-state index >= 15 is 0 Å². The van der Waals surface area contributed by atoms with E-state index in [0.29, 0.717) is 23.9 Å². The van der Waals surface area contributed by atoms with Crippen LogP contribution in [0.15, 0.2) is 23.8 Å². The average molecular weight is 122 g/mol. The fourth-order valence-electron chi connectivity index (χ4n) is 0.729. The molecule has 0 N–H and O–H groups in total. The molecule has 9 heavy (non-hydrogen) atoms. The Morgan fingerprint density at radius 3 is 2.56 bits per heavy atom. The summed E-state index contributed by atoms with van der Waals surface area (Å²) in [6.07, 6.45) is 2.60. The Morgan fingerprint density at radius 1 is 1.67 bits per heavy atom. The third-order valence-corrected chi connectivity index (χ3v) is 1.32. The van der Waals surface area contributed by atoms with Crippen LogP contribution in [0.2, 0.25) is 0 Å². The molecule has 0 aromatic carbocycles. The van der Waals surface area contributed by atoms with Gasteiger partial charge in [-0.05, 0) is 0 Å². The van der Waals surface area contributed by atoms with Crippen molar-refractivity contribution >= 4 is 12.1 Å². The van der Waals surface area contributed by atoms with Gasteiger partial charge >= 0.3 is 0 Å². The van der Waals surface area contributed by atoms with Crippen molar-refractivity contribution in [2.45, 2.75) is 6.42 Å². The van der Waals surface area contributed by atoms with Crippen LogP contribution in [0.3, 0.4) is 0 Å². The van der Waals surface area contributed by atoms with Crippen LogP contribution in [0.4, 0.5) is 0 Å². The molecule has 1 aliphatic rings. The van der Waals surface area contributed by atoms with Gasteiger partial charge in [0.1, 0.15) is 6.29 Å². The minimum atomic E-state index is -0.0444. The second kappa shape index (κ2) is 1.97. The Bertz CT molecular complexity index is 211. The number of carbonyl (C=O) groups excluding carboxylic acids is 2. The summed E-state index contributed by atoms with van der Waals surface area (Å²) in [7, 11) is 0. The quantitative estimate of drug-likeness (QED) is 0.378. The first-order valence-corrected chi connectivity index (χ1v) is 2.63. The minimum Gasteiger partial charge on any atom is -0.298 e. The first-order chi connectivity index (χ1) is 4.25. The number of carbonyl (C=O) groups is 2. The van der Waals surface area contributed by atoms with E-state index in [1.165, 1.54) is 0 Å². The molecule has 0 heterocycles. The van der Waals surface area contributed by atoms with Gasteiger partial charge in [0, 0.05) is 17.6 Å². The highest BCUT2D eigenvalue weighted by atomic mass is 16.1. The minimum absolute atomic E-state index is 0.0444. The van der Waals surface area contributed by atoms with Gasteiger partial charge in [-0.3, -0.25) is 9.59 Å². The van der Waals surface area contributed by atoms with Gasteiger partial charge in [0.05, 0.1) is 0 Å².